The van der Waals surface area contributed by atoms with Gasteiger partial charge in [-0.05, 0) is 29.8 Å². The van der Waals surface area contributed by atoms with Crippen LogP contribution in [-0.2, 0) is 6.54 Å². The van der Waals surface area contributed by atoms with Gasteiger partial charge < -0.3 is 10.2 Å². The largest absolute Gasteiger partial charge is 0.420 e. The molecule has 0 saturated carbocycles. The van der Waals surface area contributed by atoms with Gasteiger partial charge in [0, 0.05) is 5.69 Å². The van der Waals surface area contributed by atoms with Crippen LogP contribution in [0.4, 0.5) is 10.1 Å². The Balaban J connectivity index is 2.15. The Labute approximate surface area is 118 Å². The van der Waals surface area contributed by atoms with Gasteiger partial charge in [-0.2, -0.15) is 0 Å². The third-order valence-corrected chi connectivity index (χ3v) is 3.47. The molecule has 0 aliphatic rings. The molecule has 3 rings (SSSR count). The molecule has 0 radical (unpaired) electrons. The van der Waals surface area contributed by atoms with Gasteiger partial charge in [0.2, 0.25) is 0 Å². The summed E-state index contributed by atoms with van der Waals surface area (Å²) in [6.45, 7) is 0.117. The maximum Gasteiger partial charge on any atom is 0.420 e. The zero-order valence-corrected chi connectivity index (χ0v) is 11.0. The lowest BCUT2D eigenvalue weighted by Crippen LogP contribution is -2.15. The first-order valence-electron chi connectivity index (χ1n) is 5.88. The van der Waals surface area contributed by atoms with Crippen LogP contribution in [0.5, 0.6) is 0 Å². The van der Waals surface area contributed by atoms with Crippen LogP contribution < -0.4 is 11.5 Å². The number of benzene rings is 2. The van der Waals surface area contributed by atoms with E-state index in [4.69, 9.17) is 21.8 Å². The molecule has 0 aliphatic carbocycles. The molecule has 0 atom stereocenters. The summed E-state index contributed by atoms with van der Waals surface area (Å²) < 4.78 is 19.9. The third-order valence-electron chi connectivity index (χ3n) is 3.05. The van der Waals surface area contributed by atoms with E-state index in [-0.39, 0.29) is 11.6 Å². The van der Waals surface area contributed by atoms with Crippen LogP contribution in [0, 0.1) is 5.82 Å². The summed E-state index contributed by atoms with van der Waals surface area (Å²) >= 11 is 5.90. The second-order valence-corrected chi connectivity index (χ2v) is 4.77. The normalized spacial score (nSPS) is 11.1. The fourth-order valence-electron chi connectivity index (χ4n) is 2.07. The van der Waals surface area contributed by atoms with Crippen LogP contribution in [0.1, 0.15) is 5.56 Å². The Morgan fingerprint density at radius 2 is 2.10 bits per heavy atom. The number of nitrogens with two attached hydrogens (primary N) is 1. The van der Waals surface area contributed by atoms with E-state index in [1.165, 1.54) is 16.7 Å². The fraction of sp³-hybridized carbons (Fsp3) is 0.0714. The highest BCUT2D eigenvalue weighted by molar-refractivity contribution is 6.31. The van der Waals surface area contributed by atoms with Crippen molar-refractivity contribution in [2.75, 3.05) is 5.73 Å². The van der Waals surface area contributed by atoms with Crippen molar-refractivity contribution in [3.63, 3.8) is 0 Å². The molecule has 1 heterocycles. The predicted octanol–water partition coefficient (Wildman–Crippen LogP) is 3.02. The predicted molar refractivity (Wildman–Crippen MR) is 75.4 cm³/mol. The number of hydrogen-bond acceptors (Lipinski definition) is 3. The molecule has 2 N–H and O–H groups in total. The van der Waals surface area contributed by atoms with Gasteiger partial charge in [-0.15, -0.1) is 0 Å². The highest BCUT2D eigenvalue weighted by atomic mass is 35.5. The van der Waals surface area contributed by atoms with Crippen LogP contribution in [0.2, 0.25) is 5.02 Å². The van der Waals surface area contributed by atoms with Crippen molar-refractivity contribution in [3.05, 3.63) is 63.4 Å². The number of nitrogen functional groups attached to an aromatic ring is 1. The lowest BCUT2D eigenvalue weighted by Gasteiger charge is -2.06. The molecule has 3 aromatic rings. The van der Waals surface area contributed by atoms with Crippen LogP contribution in [-0.4, -0.2) is 4.57 Å². The minimum absolute atomic E-state index is 0.00217. The second-order valence-electron chi connectivity index (χ2n) is 4.39. The van der Waals surface area contributed by atoms with Crippen LogP contribution in [0.3, 0.4) is 0 Å². The number of fused-ring (bicyclic) bond motifs is 1. The summed E-state index contributed by atoms with van der Waals surface area (Å²) in [5.41, 5.74) is 7.70. The first-order valence-corrected chi connectivity index (χ1v) is 6.26. The molecular formula is C14H10ClFN2O2. The van der Waals surface area contributed by atoms with Gasteiger partial charge in [-0.1, -0.05) is 23.7 Å². The first kappa shape index (κ1) is 12.7. The molecule has 2 aromatic carbocycles. The lowest BCUT2D eigenvalue weighted by atomic mass is 10.2. The minimum Gasteiger partial charge on any atom is -0.408 e. The summed E-state index contributed by atoms with van der Waals surface area (Å²) in [6.07, 6.45) is 0. The molecule has 6 heteroatoms. The van der Waals surface area contributed by atoms with Crippen LogP contribution in [0.25, 0.3) is 11.1 Å². The van der Waals surface area contributed by atoms with E-state index in [0.29, 0.717) is 22.4 Å². The summed E-state index contributed by atoms with van der Waals surface area (Å²) in [7, 11) is 0. The molecule has 0 fully saturated rings. The topological polar surface area (TPSA) is 61.2 Å². The lowest BCUT2D eigenvalue weighted by molar-refractivity contribution is 0.517. The summed E-state index contributed by atoms with van der Waals surface area (Å²) in [6, 6.07) is 9.36. The van der Waals surface area contributed by atoms with E-state index in [9.17, 15) is 9.18 Å². The van der Waals surface area contributed by atoms with Crippen molar-refractivity contribution in [1.82, 2.24) is 4.57 Å². The molecule has 0 bridgehead atoms. The van der Waals surface area contributed by atoms with Crippen molar-refractivity contribution < 1.29 is 8.81 Å². The Hall–Kier alpha value is -2.27. The van der Waals surface area contributed by atoms with Crippen LogP contribution >= 0.6 is 11.6 Å². The second kappa shape index (κ2) is 4.68. The summed E-state index contributed by atoms with van der Waals surface area (Å²) in [5, 5.41) is -0.00217. The average molecular weight is 293 g/mol. The molecule has 102 valence electrons. The van der Waals surface area contributed by atoms with Crippen molar-refractivity contribution in [1.29, 1.82) is 0 Å². The minimum atomic E-state index is -0.536. The van der Waals surface area contributed by atoms with E-state index < -0.39 is 11.6 Å². The Bertz CT molecular complexity index is 854. The number of oxazole rings is 1. The van der Waals surface area contributed by atoms with E-state index >= 15 is 0 Å². The maximum absolute atomic E-state index is 13.4. The molecule has 4 nitrogen and oxygen atoms in total. The molecule has 0 saturated heterocycles. The van der Waals surface area contributed by atoms with Crippen LogP contribution in [0.15, 0.2) is 45.6 Å². The molecule has 0 unspecified atom stereocenters. The molecule has 0 amide bonds. The van der Waals surface area contributed by atoms with Crippen molar-refractivity contribution in [3.8, 4) is 0 Å². The highest BCUT2D eigenvalue weighted by Gasteiger charge is 2.13. The van der Waals surface area contributed by atoms with Crippen molar-refractivity contribution in [2.24, 2.45) is 0 Å². The number of halogens is 2. The SMILES string of the molecule is Nc1ccc2oc(=O)n(Cc3cccc(F)c3Cl)c2c1. The Morgan fingerprint density at radius 1 is 1.30 bits per heavy atom. The highest BCUT2D eigenvalue weighted by Crippen LogP contribution is 2.22. The molecule has 0 aliphatic heterocycles. The number of rotatable bonds is 2. The zero-order valence-electron chi connectivity index (χ0n) is 10.3. The number of hydrogen-bond donors (Lipinski definition) is 1. The quantitative estimate of drug-likeness (QED) is 0.739. The first-order chi connectivity index (χ1) is 9.56. The van der Waals surface area contributed by atoms with Gasteiger partial charge in [0.25, 0.3) is 0 Å². The van der Waals surface area contributed by atoms with E-state index in [2.05, 4.69) is 0 Å². The van der Waals surface area contributed by atoms with E-state index in [1.807, 2.05) is 0 Å². The van der Waals surface area contributed by atoms with E-state index in [0.717, 1.165) is 0 Å². The van der Waals surface area contributed by atoms with Gasteiger partial charge in [-0.25, -0.2) is 9.18 Å². The third kappa shape index (κ3) is 2.06. The fourth-order valence-corrected chi connectivity index (χ4v) is 2.26. The van der Waals surface area contributed by atoms with Gasteiger partial charge in [0.1, 0.15) is 5.82 Å². The van der Waals surface area contributed by atoms with Gasteiger partial charge >= 0.3 is 5.76 Å². The maximum atomic E-state index is 13.4. The number of nitrogens with zero attached hydrogens (tertiary/aromatic N) is 1. The molecule has 20 heavy (non-hydrogen) atoms. The summed E-state index contributed by atoms with van der Waals surface area (Å²) in [5.74, 6) is -1.06. The van der Waals surface area contributed by atoms with Gasteiger partial charge in [-0.3, -0.25) is 4.57 Å². The van der Waals surface area contributed by atoms with Gasteiger partial charge in [0.05, 0.1) is 17.1 Å². The Kier molecular flexibility index (Phi) is 2.99. The smallest absolute Gasteiger partial charge is 0.408 e. The zero-order chi connectivity index (χ0) is 14.3. The number of aromatic nitrogens is 1. The standard InChI is InChI=1S/C14H10ClFN2O2/c15-13-8(2-1-3-10(13)16)7-18-11-6-9(17)4-5-12(11)20-14(18)19/h1-6H,7,17H2. The van der Waals surface area contributed by atoms with Gasteiger partial charge in [0.15, 0.2) is 5.58 Å². The van der Waals surface area contributed by atoms with Crippen molar-refractivity contribution in [2.45, 2.75) is 6.54 Å². The average Bonchev–Trinajstić information content (AvgIpc) is 2.71. The monoisotopic (exact) mass is 292 g/mol. The number of anilines is 1. The van der Waals surface area contributed by atoms with Crippen molar-refractivity contribution >= 4 is 28.4 Å². The Morgan fingerprint density at radius 3 is 2.90 bits per heavy atom. The molecule has 0 spiro atoms. The summed E-state index contributed by atoms with van der Waals surface area (Å²) in [4.78, 5) is 11.9. The molecule has 1 aromatic heterocycles. The van der Waals surface area contributed by atoms with E-state index in [1.54, 1.807) is 24.3 Å². The molecular weight excluding hydrogens is 283 g/mol.